The largest absolute Gasteiger partial charge is 0.392 e. The summed E-state index contributed by atoms with van der Waals surface area (Å²) in [5, 5.41) is 9.66. The average Bonchev–Trinajstić information content (AvgIpc) is 2.84. The smallest absolute Gasteiger partial charge is 0.254 e. The molecule has 2 heterocycles. The first-order valence-corrected chi connectivity index (χ1v) is 7.64. The molecule has 1 saturated heterocycles. The van der Waals surface area contributed by atoms with Gasteiger partial charge in [-0.25, -0.2) is 13.4 Å². The van der Waals surface area contributed by atoms with E-state index in [2.05, 4.69) is 4.98 Å². The number of aliphatic hydroxyl groups excluding tert-OH is 1. The first-order valence-electron chi connectivity index (χ1n) is 5.38. The van der Waals surface area contributed by atoms with Gasteiger partial charge in [0.1, 0.15) is 0 Å². The Labute approximate surface area is 104 Å². The second-order valence-electron chi connectivity index (χ2n) is 3.95. The maximum Gasteiger partial charge on any atom is 0.254 e. The molecule has 1 aliphatic heterocycles. The molecule has 17 heavy (non-hydrogen) atoms. The number of β-amino-alcohol motifs (C(OH)–C–C–N with tert-alkyl or cyclic N) is 1. The number of aryl methyl sites for hydroxylation is 1. The predicted octanol–water partition coefficient (Wildman–Crippen LogP) is 0.0430. The highest BCUT2D eigenvalue weighted by molar-refractivity contribution is 7.91. The van der Waals surface area contributed by atoms with E-state index in [-0.39, 0.29) is 15.9 Å². The minimum atomic E-state index is -3.54. The van der Waals surface area contributed by atoms with Crippen molar-refractivity contribution >= 4 is 26.5 Å². The number of anilines is 1. The topological polar surface area (TPSA) is 96.5 Å². The Morgan fingerprint density at radius 3 is 2.88 bits per heavy atom. The Balaban J connectivity index is 2.37. The molecular weight excluding hydrogens is 262 g/mol. The first kappa shape index (κ1) is 12.7. The van der Waals surface area contributed by atoms with Crippen LogP contribution < -0.4 is 5.73 Å². The third-order valence-corrected chi connectivity index (χ3v) is 6.03. The van der Waals surface area contributed by atoms with Crippen molar-refractivity contribution in [2.75, 3.05) is 18.8 Å². The van der Waals surface area contributed by atoms with E-state index in [9.17, 15) is 13.5 Å². The van der Waals surface area contributed by atoms with Gasteiger partial charge in [-0.2, -0.15) is 4.31 Å². The number of nitrogens with zero attached hydrogens (tertiary/aromatic N) is 2. The normalized spacial score (nSPS) is 22.1. The van der Waals surface area contributed by atoms with Crippen LogP contribution in [-0.2, 0) is 16.4 Å². The number of thiazole rings is 1. The van der Waals surface area contributed by atoms with Crippen LogP contribution in [0, 0.1) is 0 Å². The van der Waals surface area contributed by atoms with Crippen LogP contribution in [0.1, 0.15) is 19.0 Å². The van der Waals surface area contributed by atoms with Crippen LogP contribution in [0.3, 0.4) is 0 Å². The van der Waals surface area contributed by atoms with E-state index >= 15 is 0 Å². The number of aromatic nitrogens is 1. The third kappa shape index (κ3) is 2.30. The SMILES string of the molecule is CCc1nc(N)sc1S(=O)(=O)N1CCC(O)C1. The quantitative estimate of drug-likeness (QED) is 0.813. The molecule has 3 N–H and O–H groups in total. The lowest BCUT2D eigenvalue weighted by atomic mass is 10.3. The molecule has 1 aliphatic rings. The maximum atomic E-state index is 12.3. The Kier molecular flexibility index (Phi) is 3.39. The molecule has 6 nitrogen and oxygen atoms in total. The molecule has 0 aliphatic carbocycles. The van der Waals surface area contributed by atoms with Crippen LogP contribution in [0.2, 0.25) is 0 Å². The number of nitrogen functional groups attached to an aromatic ring is 1. The highest BCUT2D eigenvalue weighted by atomic mass is 32.2. The predicted molar refractivity (Wildman–Crippen MR) is 65.3 cm³/mol. The van der Waals surface area contributed by atoms with Crippen LogP contribution in [0.25, 0.3) is 0 Å². The fraction of sp³-hybridized carbons (Fsp3) is 0.667. The number of hydrogen-bond acceptors (Lipinski definition) is 6. The van der Waals surface area contributed by atoms with Crippen molar-refractivity contribution in [3.8, 4) is 0 Å². The van der Waals surface area contributed by atoms with Crippen LogP contribution in [0.4, 0.5) is 5.13 Å². The number of rotatable bonds is 3. The van der Waals surface area contributed by atoms with Crippen molar-refractivity contribution in [3.63, 3.8) is 0 Å². The van der Waals surface area contributed by atoms with Crippen molar-refractivity contribution < 1.29 is 13.5 Å². The second-order valence-corrected chi connectivity index (χ2v) is 7.11. The monoisotopic (exact) mass is 277 g/mol. The van der Waals surface area contributed by atoms with Crippen molar-refractivity contribution in [1.82, 2.24) is 9.29 Å². The molecule has 1 atom stereocenters. The number of hydrogen-bond donors (Lipinski definition) is 2. The van der Waals surface area contributed by atoms with Crippen molar-refractivity contribution in [2.45, 2.75) is 30.1 Å². The van der Waals surface area contributed by atoms with Crippen molar-refractivity contribution in [2.24, 2.45) is 0 Å². The minimum Gasteiger partial charge on any atom is -0.392 e. The molecule has 1 aromatic heterocycles. The lowest BCUT2D eigenvalue weighted by Crippen LogP contribution is -2.29. The van der Waals surface area contributed by atoms with Crippen LogP contribution >= 0.6 is 11.3 Å². The summed E-state index contributed by atoms with van der Waals surface area (Å²) in [6.45, 7) is 2.35. The molecule has 0 radical (unpaired) electrons. The minimum absolute atomic E-state index is 0.156. The molecule has 96 valence electrons. The molecular formula is C9H15N3O3S2. The fourth-order valence-corrected chi connectivity index (χ4v) is 4.91. The van der Waals surface area contributed by atoms with Gasteiger partial charge in [0.05, 0.1) is 11.8 Å². The molecule has 2 rings (SSSR count). The standard InChI is InChI=1S/C9H15N3O3S2/c1-2-7-8(16-9(10)11-7)17(14,15)12-4-3-6(13)5-12/h6,13H,2-5H2,1H3,(H2,10,11). The Hall–Kier alpha value is -0.700. The van der Waals surface area contributed by atoms with Gasteiger partial charge in [0.2, 0.25) is 0 Å². The van der Waals surface area contributed by atoms with Gasteiger partial charge in [0, 0.05) is 13.1 Å². The average molecular weight is 277 g/mol. The highest BCUT2D eigenvalue weighted by Gasteiger charge is 2.34. The van der Waals surface area contributed by atoms with Crippen LogP contribution in [0.5, 0.6) is 0 Å². The van der Waals surface area contributed by atoms with Crippen LogP contribution in [0.15, 0.2) is 4.21 Å². The van der Waals surface area contributed by atoms with Gasteiger partial charge >= 0.3 is 0 Å². The fourth-order valence-electron chi connectivity index (χ4n) is 1.83. The number of sulfonamides is 1. The number of nitrogens with two attached hydrogens (primary N) is 1. The molecule has 0 amide bonds. The van der Waals surface area contributed by atoms with E-state index in [4.69, 9.17) is 5.73 Å². The summed E-state index contributed by atoms with van der Waals surface area (Å²) in [7, 11) is -3.54. The summed E-state index contributed by atoms with van der Waals surface area (Å²) >= 11 is 0.989. The Morgan fingerprint density at radius 2 is 2.35 bits per heavy atom. The van der Waals surface area contributed by atoms with E-state index < -0.39 is 16.1 Å². The van der Waals surface area contributed by atoms with Gasteiger partial charge in [-0.3, -0.25) is 0 Å². The Bertz CT molecular complexity index is 512. The van der Waals surface area contributed by atoms with Gasteiger partial charge in [0.25, 0.3) is 10.0 Å². The lowest BCUT2D eigenvalue weighted by Gasteiger charge is -2.14. The van der Waals surface area contributed by atoms with Gasteiger partial charge < -0.3 is 10.8 Å². The zero-order chi connectivity index (χ0) is 12.6. The molecule has 1 fully saturated rings. The van der Waals surface area contributed by atoms with Gasteiger partial charge in [-0.1, -0.05) is 18.3 Å². The van der Waals surface area contributed by atoms with E-state index in [0.29, 0.717) is 25.1 Å². The third-order valence-electron chi connectivity index (χ3n) is 2.71. The summed E-state index contributed by atoms with van der Waals surface area (Å²) in [5.74, 6) is 0. The summed E-state index contributed by atoms with van der Waals surface area (Å²) in [5.41, 5.74) is 6.06. The molecule has 1 aromatic rings. The molecule has 0 spiro atoms. The summed E-state index contributed by atoms with van der Waals surface area (Å²) < 4.78 is 26.1. The van der Waals surface area contributed by atoms with Crippen molar-refractivity contribution in [1.29, 1.82) is 0 Å². The molecule has 0 aromatic carbocycles. The first-order chi connectivity index (χ1) is 7.95. The van der Waals surface area contributed by atoms with Crippen molar-refractivity contribution in [3.05, 3.63) is 5.69 Å². The van der Waals surface area contributed by atoms with E-state index in [1.54, 1.807) is 0 Å². The lowest BCUT2D eigenvalue weighted by molar-refractivity contribution is 0.189. The molecule has 0 bridgehead atoms. The van der Waals surface area contributed by atoms with Gasteiger partial charge in [0.15, 0.2) is 9.34 Å². The van der Waals surface area contributed by atoms with Gasteiger partial charge in [-0.15, -0.1) is 0 Å². The second kappa shape index (κ2) is 4.52. The molecule has 0 saturated carbocycles. The molecule has 1 unspecified atom stereocenters. The van der Waals surface area contributed by atoms with Gasteiger partial charge in [-0.05, 0) is 12.8 Å². The summed E-state index contributed by atoms with van der Waals surface area (Å²) in [6, 6.07) is 0. The summed E-state index contributed by atoms with van der Waals surface area (Å²) in [6.07, 6.45) is 0.438. The Morgan fingerprint density at radius 1 is 1.65 bits per heavy atom. The number of aliphatic hydroxyl groups is 1. The van der Waals surface area contributed by atoms with E-state index in [1.165, 1.54) is 4.31 Å². The zero-order valence-electron chi connectivity index (χ0n) is 9.46. The maximum absolute atomic E-state index is 12.3. The summed E-state index contributed by atoms with van der Waals surface area (Å²) in [4.78, 5) is 4.01. The van der Waals surface area contributed by atoms with E-state index in [1.807, 2.05) is 6.92 Å². The highest BCUT2D eigenvalue weighted by Crippen LogP contribution is 2.30. The zero-order valence-corrected chi connectivity index (χ0v) is 11.1. The molecule has 8 heteroatoms. The van der Waals surface area contributed by atoms with E-state index in [0.717, 1.165) is 11.3 Å². The van der Waals surface area contributed by atoms with Crippen LogP contribution in [-0.4, -0.2) is 42.0 Å².